The van der Waals surface area contributed by atoms with Crippen LogP contribution in [0.3, 0.4) is 0 Å². The molecule has 0 unspecified atom stereocenters. The number of carbonyl (C=O) groups excluding carboxylic acids is 1. The Morgan fingerprint density at radius 2 is 1.82 bits per heavy atom. The predicted molar refractivity (Wildman–Crippen MR) is 132 cm³/mol. The lowest BCUT2D eigenvalue weighted by atomic mass is 9.87. The first kappa shape index (κ1) is 25.0. The van der Waals surface area contributed by atoms with Crippen LogP contribution in [0.15, 0.2) is 41.4 Å². The Morgan fingerprint density at radius 1 is 1.18 bits per heavy atom. The summed E-state index contributed by atoms with van der Waals surface area (Å²) >= 11 is 0. The number of piperazine rings is 1. The number of hydrogen-bond donors (Lipinski definition) is 3. The summed E-state index contributed by atoms with van der Waals surface area (Å²) in [5, 5.41) is 6.26. The molecule has 2 heterocycles. The van der Waals surface area contributed by atoms with Gasteiger partial charge in [-0.3, -0.25) is 9.52 Å². The van der Waals surface area contributed by atoms with Gasteiger partial charge in [0.1, 0.15) is 5.82 Å². The Balaban J connectivity index is 1.90. The number of rotatable bonds is 7. The Labute approximate surface area is 197 Å². The van der Waals surface area contributed by atoms with Crippen molar-refractivity contribution in [3.63, 3.8) is 0 Å². The number of hydrogen-bond acceptors (Lipinski definition) is 6. The summed E-state index contributed by atoms with van der Waals surface area (Å²) in [6.45, 7) is 13.2. The Kier molecular flexibility index (Phi) is 7.64. The fourth-order valence-electron chi connectivity index (χ4n) is 3.56. The fraction of sp³-hybridized carbons (Fsp3) is 0.500. The van der Waals surface area contributed by atoms with Crippen molar-refractivity contribution < 1.29 is 13.2 Å². The number of benzene rings is 1. The van der Waals surface area contributed by atoms with Gasteiger partial charge in [-0.2, -0.15) is 0 Å². The smallest absolute Gasteiger partial charge is 0.261 e. The number of aromatic nitrogens is 1. The lowest BCUT2D eigenvalue weighted by molar-refractivity contribution is 0.0939. The quantitative estimate of drug-likeness (QED) is 0.571. The number of amides is 1. The summed E-state index contributed by atoms with van der Waals surface area (Å²) in [5.74, 6) is 0.302. The molecule has 1 aromatic carbocycles. The van der Waals surface area contributed by atoms with Crippen molar-refractivity contribution in [1.29, 1.82) is 0 Å². The van der Waals surface area contributed by atoms with E-state index in [9.17, 15) is 13.2 Å². The van der Waals surface area contributed by atoms with Gasteiger partial charge in [0, 0.05) is 32.2 Å². The third-order valence-electron chi connectivity index (χ3n) is 5.80. The average molecular weight is 474 g/mol. The van der Waals surface area contributed by atoms with Crippen LogP contribution >= 0.6 is 0 Å². The zero-order valence-corrected chi connectivity index (χ0v) is 20.9. The predicted octanol–water partition coefficient (Wildman–Crippen LogP) is 3.12. The van der Waals surface area contributed by atoms with E-state index in [0.717, 1.165) is 38.2 Å². The first-order valence-corrected chi connectivity index (χ1v) is 12.9. The zero-order chi connectivity index (χ0) is 24.2. The molecule has 1 amide bonds. The van der Waals surface area contributed by atoms with Gasteiger partial charge >= 0.3 is 0 Å². The summed E-state index contributed by atoms with van der Waals surface area (Å²) in [5.41, 5.74) is 1.59. The maximum Gasteiger partial charge on any atom is 0.261 e. The summed E-state index contributed by atoms with van der Waals surface area (Å²) in [7, 11) is -3.83. The lowest BCUT2D eigenvalue weighted by Crippen LogP contribution is -2.45. The van der Waals surface area contributed by atoms with Crippen molar-refractivity contribution in [2.24, 2.45) is 0 Å². The van der Waals surface area contributed by atoms with E-state index in [4.69, 9.17) is 0 Å². The number of sulfonamides is 1. The maximum atomic E-state index is 13.0. The Morgan fingerprint density at radius 3 is 2.39 bits per heavy atom. The molecule has 0 spiro atoms. The normalized spacial score (nSPS) is 15.7. The van der Waals surface area contributed by atoms with Gasteiger partial charge in [-0.25, -0.2) is 13.4 Å². The molecule has 2 aromatic rings. The molecule has 8 nitrogen and oxygen atoms in total. The maximum absolute atomic E-state index is 13.0. The first-order chi connectivity index (χ1) is 15.5. The van der Waals surface area contributed by atoms with Crippen molar-refractivity contribution in [2.75, 3.05) is 35.8 Å². The Hall–Kier alpha value is -2.65. The summed E-state index contributed by atoms with van der Waals surface area (Å²) < 4.78 is 28.6. The second-order valence-corrected chi connectivity index (χ2v) is 11.2. The molecule has 0 radical (unpaired) electrons. The zero-order valence-electron chi connectivity index (χ0n) is 20.1. The lowest BCUT2D eigenvalue weighted by Gasteiger charge is -2.30. The molecule has 9 heteroatoms. The van der Waals surface area contributed by atoms with Crippen LogP contribution < -0.4 is 20.3 Å². The van der Waals surface area contributed by atoms with E-state index < -0.39 is 10.0 Å². The van der Waals surface area contributed by atoms with Crippen molar-refractivity contribution in [3.05, 3.63) is 47.7 Å². The van der Waals surface area contributed by atoms with Gasteiger partial charge in [0.05, 0.1) is 22.3 Å². The van der Waals surface area contributed by atoms with Crippen LogP contribution in [0.1, 0.15) is 57.0 Å². The van der Waals surface area contributed by atoms with Crippen LogP contribution in [0.5, 0.6) is 0 Å². The van der Waals surface area contributed by atoms with Gasteiger partial charge < -0.3 is 15.5 Å². The molecule has 1 aliphatic heterocycles. The molecule has 180 valence electrons. The van der Waals surface area contributed by atoms with Crippen LogP contribution in [0.2, 0.25) is 0 Å². The molecule has 1 saturated heterocycles. The molecule has 1 fully saturated rings. The highest BCUT2D eigenvalue weighted by molar-refractivity contribution is 7.92. The third kappa shape index (κ3) is 6.23. The topological polar surface area (TPSA) is 103 Å². The molecule has 33 heavy (non-hydrogen) atoms. The minimum Gasteiger partial charge on any atom is -0.353 e. The highest BCUT2D eigenvalue weighted by atomic mass is 32.2. The standard InChI is InChI=1S/C24H35N5O3S/c1-6-17(2)27-23(30)21-15-19(16-26-22(21)29-13-11-25-12-14-29)28-33(31,32)20-9-7-18(8-10-20)24(3,4)5/h7-10,15-17,25,28H,6,11-14H2,1-5H3,(H,27,30)/t17-/m1/s1. The second kappa shape index (κ2) is 10.1. The molecule has 0 bridgehead atoms. The molecule has 1 aromatic heterocycles. The minimum absolute atomic E-state index is 0.00458. The van der Waals surface area contributed by atoms with Gasteiger partial charge in [-0.05, 0) is 42.5 Å². The number of pyridine rings is 1. The molecule has 0 aliphatic carbocycles. The van der Waals surface area contributed by atoms with Crippen LogP contribution in [0.25, 0.3) is 0 Å². The largest absolute Gasteiger partial charge is 0.353 e. The molecule has 1 aliphatic rings. The summed E-state index contributed by atoms with van der Waals surface area (Å²) in [6.07, 6.45) is 2.26. The molecular formula is C24H35N5O3S. The molecular weight excluding hydrogens is 438 g/mol. The van der Waals surface area contributed by atoms with E-state index in [1.54, 1.807) is 18.2 Å². The summed E-state index contributed by atoms with van der Waals surface area (Å²) in [4.78, 5) is 19.7. The molecule has 3 rings (SSSR count). The van der Waals surface area contributed by atoms with Crippen LogP contribution in [-0.2, 0) is 15.4 Å². The van der Waals surface area contributed by atoms with Crippen molar-refractivity contribution in [2.45, 2.75) is 57.4 Å². The number of anilines is 2. The van der Waals surface area contributed by atoms with Gasteiger partial charge in [0.2, 0.25) is 0 Å². The van der Waals surface area contributed by atoms with Crippen molar-refractivity contribution >= 4 is 27.4 Å². The monoisotopic (exact) mass is 473 g/mol. The highest BCUT2D eigenvalue weighted by Gasteiger charge is 2.23. The first-order valence-electron chi connectivity index (χ1n) is 11.4. The van der Waals surface area contributed by atoms with E-state index in [1.165, 1.54) is 6.20 Å². The second-order valence-electron chi connectivity index (χ2n) is 9.49. The van der Waals surface area contributed by atoms with Crippen LogP contribution in [0.4, 0.5) is 11.5 Å². The number of nitrogens with zero attached hydrogens (tertiary/aromatic N) is 2. The molecule has 3 N–H and O–H groups in total. The Bertz CT molecular complexity index is 1070. The van der Waals surface area contributed by atoms with E-state index in [0.29, 0.717) is 11.4 Å². The highest BCUT2D eigenvalue weighted by Crippen LogP contribution is 2.26. The van der Waals surface area contributed by atoms with Crippen molar-refractivity contribution in [3.8, 4) is 0 Å². The van der Waals surface area contributed by atoms with Gasteiger partial charge in [0.25, 0.3) is 15.9 Å². The third-order valence-corrected chi connectivity index (χ3v) is 7.20. The van der Waals surface area contributed by atoms with Gasteiger partial charge in [-0.15, -0.1) is 0 Å². The van der Waals surface area contributed by atoms with E-state index in [-0.39, 0.29) is 27.9 Å². The van der Waals surface area contributed by atoms with Crippen molar-refractivity contribution in [1.82, 2.24) is 15.6 Å². The van der Waals surface area contributed by atoms with E-state index >= 15 is 0 Å². The molecule has 0 saturated carbocycles. The average Bonchev–Trinajstić information content (AvgIpc) is 2.78. The van der Waals surface area contributed by atoms with Crippen LogP contribution in [0, 0.1) is 0 Å². The van der Waals surface area contributed by atoms with Gasteiger partial charge in [-0.1, -0.05) is 39.8 Å². The SMILES string of the molecule is CC[C@@H](C)NC(=O)c1cc(NS(=O)(=O)c2ccc(C(C)(C)C)cc2)cnc1N1CCNCC1. The van der Waals surface area contributed by atoms with Crippen LogP contribution in [-0.4, -0.2) is 51.5 Å². The van der Waals surface area contributed by atoms with E-state index in [2.05, 4.69) is 41.1 Å². The van der Waals surface area contributed by atoms with Gasteiger partial charge in [0.15, 0.2) is 0 Å². The molecule has 1 atom stereocenters. The fourth-order valence-corrected chi connectivity index (χ4v) is 4.60. The summed E-state index contributed by atoms with van der Waals surface area (Å²) in [6, 6.07) is 8.42. The van der Waals surface area contributed by atoms with E-state index in [1.807, 2.05) is 30.9 Å². The number of nitrogens with one attached hydrogen (secondary N) is 3. The number of carbonyl (C=O) groups is 1. The minimum atomic E-state index is -3.83.